The molecule has 0 unspecified atom stereocenters. The van der Waals surface area contributed by atoms with E-state index in [1.54, 1.807) is 0 Å². The van der Waals surface area contributed by atoms with E-state index in [0.29, 0.717) is 24.1 Å². The number of nitrogens with one attached hydrogen (secondary N) is 1. The molecule has 4 heterocycles. The lowest BCUT2D eigenvalue weighted by Crippen LogP contribution is -2.34. The second-order valence-electron chi connectivity index (χ2n) is 7.22. The number of hydrogen-bond acceptors (Lipinski definition) is 6. The predicted octanol–water partition coefficient (Wildman–Crippen LogP) is 2.03. The molecule has 138 valence electrons. The highest BCUT2D eigenvalue weighted by molar-refractivity contribution is 7.09. The van der Waals surface area contributed by atoms with Gasteiger partial charge in [-0.3, -0.25) is 14.7 Å². The molecule has 2 aromatic heterocycles. The molecule has 26 heavy (non-hydrogen) atoms. The molecule has 2 saturated heterocycles. The summed E-state index contributed by atoms with van der Waals surface area (Å²) in [7, 11) is 0. The zero-order chi connectivity index (χ0) is 18.1. The van der Waals surface area contributed by atoms with Gasteiger partial charge in [-0.05, 0) is 26.0 Å². The first-order valence-corrected chi connectivity index (χ1v) is 9.93. The van der Waals surface area contributed by atoms with Crippen molar-refractivity contribution in [3.63, 3.8) is 0 Å². The lowest BCUT2D eigenvalue weighted by Gasteiger charge is -2.19. The van der Waals surface area contributed by atoms with Gasteiger partial charge < -0.3 is 10.1 Å². The standard InChI is InChI=1S/C19H24N4O2S/c1-12-4-3-5-15(21-12)7-23-8-16-14(10-25-18(16)9-23)6-20-19(24)17-11-26-13(2)22-17/h3-5,11,14,16,18H,6-10H2,1-2H3,(H,20,24)/t14-,16+,18+/m1/s1. The summed E-state index contributed by atoms with van der Waals surface area (Å²) in [5.41, 5.74) is 2.67. The molecule has 4 rings (SSSR count). The van der Waals surface area contributed by atoms with Crippen LogP contribution in [0.1, 0.15) is 26.9 Å². The van der Waals surface area contributed by atoms with Crippen molar-refractivity contribution in [2.24, 2.45) is 11.8 Å². The number of hydrogen-bond donors (Lipinski definition) is 1. The van der Waals surface area contributed by atoms with Gasteiger partial charge in [0.1, 0.15) is 5.69 Å². The van der Waals surface area contributed by atoms with Crippen LogP contribution < -0.4 is 5.32 Å². The van der Waals surface area contributed by atoms with Crippen LogP contribution in [0.2, 0.25) is 0 Å². The quantitative estimate of drug-likeness (QED) is 0.870. The Hall–Kier alpha value is -1.83. The van der Waals surface area contributed by atoms with Crippen LogP contribution >= 0.6 is 11.3 Å². The largest absolute Gasteiger partial charge is 0.376 e. The van der Waals surface area contributed by atoms with Crippen LogP contribution in [0, 0.1) is 25.7 Å². The molecule has 2 fully saturated rings. The molecule has 0 bridgehead atoms. The van der Waals surface area contributed by atoms with Crippen molar-refractivity contribution in [3.8, 4) is 0 Å². The van der Waals surface area contributed by atoms with Gasteiger partial charge in [0.2, 0.25) is 0 Å². The van der Waals surface area contributed by atoms with Crippen molar-refractivity contribution in [2.75, 3.05) is 26.2 Å². The molecule has 0 radical (unpaired) electrons. The highest BCUT2D eigenvalue weighted by atomic mass is 32.1. The molecule has 2 aromatic rings. The molecule has 0 aliphatic carbocycles. The monoisotopic (exact) mass is 372 g/mol. The van der Waals surface area contributed by atoms with E-state index in [1.807, 2.05) is 25.3 Å². The molecule has 6 nitrogen and oxygen atoms in total. The maximum absolute atomic E-state index is 12.2. The van der Waals surface area contributed by atoms with E-state index < -0.39 is 0 Å². The fourth-order valence-electron chi connectivity index (χ4n) is 3.92. The van der Waals surface area contributed by atoms with Gasteiger partial charge in [-0.25, -0.2) is 4.98 Å². The third-order valence-electron chi connectivity index (χ3n) is 5.22. The van der Waals surface area contributed by atoms with Gasteiger partial charge in [0.05, 0.1) is 23.4 Å². The van der Waals surface area contributed by atoms with Crippen LogP contribution in [0.15, 0.2) is 23.6 Å². The van der Waals surface area contributed by atoms with Crippen molar-refractivity contribution >= 4 is 17.2 Å². The van der Waals surface area contributed by atoms with E-state index in [0.717, 1.165) is 42.6 Å². The third-order valence-corrected chi connectivity index (χ3v) is 6.00. The number of rotatable bonds is 5. The first-order chi connectivity index (χ1) is 12.6. The van der Waals surface area contributed by atoms with Gasteiger partial charge in [-0.2, -0.15) is 0 Å². The number of pyridine rings is 1. The summed E-state index contributed by atoms with van der Waals surface area (Å²) in [6, 6.07) is 6.16. The molecular weight excluding hydrogens is 348 g/mol. The van der Waals surface area contributed by atoms with Crippen LogP contribution in [-0.2, 0) is 11.3 Å². The number of aryl methyl sites for hydroxylation is 2. The number of carbonyl (C=O) groups excluding carboxylic acids is 1. The maximum atomic E-state index is 12.2. The topological polar surface area (TPSA) is 67.4 Å². The average molecular weight is 372 g/mol. The number of fused-ring (bicyclic) bond motifs is 1. The van der Waals surface area contributed by atoms with E-state index in [9.17, 15) is 4.79 Å². The first-order valence-electron chi connectivity index (χ1n) is 9.05. The summed E-state index contributed by atoms with van der Waals surface area (Å²) in [5, 5.41) is 5.76. The SMILES string of the molecule is Cc1cccc(CN2C[C@H]3[C@H](CNC(=O)c4csc(C)n4)CO[C@H]3C2)n1. The maximum Gasteiger partial charge on any atom is 0.270 e. The smallest absolute Gasteiger partial charge is 0.270 e. The van der Waals surface area contributed by atoms with Crippen LogP contribution in [0.25, 0.3) is 0 Å². The Morgan fingerprint density at radius 2 is 2.23 bits per heavy atom. The van der Waals surface area contributed by atoms with Gasteiger partial charge in [0.15, 0.2) is 0 Å². The zero-order valence-corrected chi connectivity index (χ0v) is 16.0. The Morgan fingerprint density at radius 1 is 1.35 bits per heavy atom. The van der Waals surface area contributed by atoms with E-state index >= 15 is 0 Å². The Labute approximate surface area is 157 Å². The van der Waals surface area contributed by atoms with Gasteiger partial charge >= 0.3 is 0 Å². The molecule has 1 amide bonds. The summed E-state index contributed by atoms with van der Waals surface area (Å²) >= 11 is 1.50. The van der Waals surface area contributed by atoms with Crippen LogP contribution in [0.3, 0.4) is 0 Å². The number of ether oxygens (including phenoxy) is 1. The van der Waals surface area contributed by atoms with Gasteiger partial charge in [0, 0.05) is 49.1 Å². The minimum absolute atomic E-state index is 0.0865. The predicted molar refractivity (Wildman–Crippen MR) is 100 cm³/mol. The fourth-order valence-corrected chi connectivity index (χ4v) is 4.51. The van der Waals surface area contributed by atoms with Crippen LogP contribution in [0.5, 0.6) is 0 Å². The van der Waals surface area contributed by atoms with Crippen molar-refractivity contribution in [1.82, 2.24) is 20.2 Å². The van der Waals surface area contributed by atoms with Gasteiger partial charge in [-0.15, -0.1) is 11.3 Å². The van der Waals surface area contributed by atoms with Crippen molar-refractivity contribution in [3.05, 3.63) is 45.7 Å². The van der Waals surface area contributed by atoms with Crippen molar-refractivity contribution in [2.45, 2.75) is 26.5 Å². The van der Waals surface area contributed by atoms with Crippen LogP contribution in [-0.4, -0.2) is 53.1 Å². The van der Waals surface area contributed by atoms with Crippen molar-refractivity contribution < 1.29 is 9.53 Å². The highest BCUT2D eigenvalue weighted by Crippen LogP contribution is 2.34. The molecule has 2 aliphatic heterocycles. The average Bonchev–Trinajstić information content (AvgIpc) is 3.29. The fraction of sp³-hybridized carbons (Fsp3) is 0.526. The van der Waals surface area contributed by atoms with E-state index in [4.69, 9.17) is 4.74 Å². The van der Waals surface area contributed by atoms with E-state index in [1.165, 1.54) is 11.3 Å². The summed E-state index contributed by atoms with van der Waals surface area (Å²) in [4.78, 5) is 23.5. The molecular formula is C19H24N4O2S. The number of nitrogens with zero attached hydrogens (tertiary/aromatic N) is 3. The Morgan fingerprint density at radius 3 is 3.00 bits per heavy atom. The van der Waals surface area contributed by atoms with E-state index in [-0.39, 0.29) is 12.0 Å². The molecule has 0 saturated carbocycles. The summed E-state index contributed by atoms with van der Waals surface area (Å²) in [5.74, 6) is 0.744. The minimum atomic E-state index is -0.0865. The molecule has 3 atom stereocenters. The van der Waals surface area contributed by atoms with Crippen LogP contribution in [0.4, 0.5) is 0 Å². The minimum Gasteiger partial charge on any atom is -0.376 e. The summed E-state index contributed by atoms with van der Waals surface area (Å²) < 4.78 is 6.00. The Balaban J connectivity index is 1.31. The molecule has 0 aromatic carbocycles. The second-order valence-corrected chi connectivity index (χ2v) is 8.28. The Kier molecular flexibility index (Phi) is 5.02. The summed E-state index contributed by atoms with van der Waals surface area (Å²) in [6.07, 6.45) is 0.267. The number of carbonyl (C=O) groups is 1. The number of aromatic nitrogens is 2. The molecule has 0 spiro atoms. The van der Waals surface area contributed by atoms with E-state index in [2.05, 4.69) is 32.3 Å². The summed E-state index contributed by atoms with van der Waals surface area (Å²) in [6.45, 7) is 8.10. The van der Waals surface area contributed by atoms with Gasteiger partial charge in [0.25, 0.3) is 5.91 Å². The number of thiazole rings is 1. The second kappa shape index (κ2) is 7.42. The first kappa shape index (κ1) is 17.6. The Bertz CT molecular complexity index is 793. The lowest BCUT2D eigenvalue weighted by molar-refractivity contribution is 0.0900. The zero-order valence-electron chi connectivity index (χ0n) is 15.1. The third kappa shape index (κ3) is 3.79. The highest BCUT2D eigenvalue weighted by Gasteiger charge is 2.43. The molecule has 7 heteroatoms. The number of amides is 1. The normalized spacial score (nSPS) is 25.4. The van der Waals surface area contributed by atoms with Crippen molar-refractivity contribution in [1.29, 1.82) is 0 Å². The number of likely N-dealkylation sites (tertiary alicyclic amines) is 1. The lowest BCUT2D eigenvalue weighted by atomic mass is 9.93. The molecule has 2 aliphatic rings. The van der Waals surface area contributed by atoms with Gasteiger partial charge in [-0.1, -0.05) is 6.07 Å². The molecule has 1 N–H and O–H groups in total.